The third-order valence-corrected chi connectivity index (χ3v) is 18.6. The van der Waals surface area contributed by atoms with Gasteiger partial charge in [0.15, 0.2) is 0 Å². The van der Waals surface area contributed by atoms with Crippen LogP contribution in [0.5, 0.6) is 0 Å². The summed E-state index contributed by atoms with van der Waals surface area (Å²) < 4.78 is 7.76. The minimum absolute atomic E-state index is 1.13. The van der Waals surface area contributed by atoms with Crippen molar-refractivity contribution in [3.05, 3.63) is 273 Å². The first-order valence-electron chi connectivity index (χ1n) is 26.4. The minimum Gasteiger partial charge on any atom is -0.309 e. The highest BCUT2D eigenvalue weighted by molar-refractivity contribution is 7.27. The highest BCUT2D eigenvalue weighted by atomic mass is 32.1. The molecule has 0 aliphatic heterocycles. The molecule has 0 saturated heterocycles. The lowest BCUT2D eigenvalue weighted by Crippen LogP contribution is -1.95. The molecule has 0 unspecified atom stereocenters. The van der Waals surface area contributed by atoms with Gasteiger partial charge in [-0.15, -0.1) is 22.7 Å². The Morgan fingerprint density at radius 2 is 0.506 bits per heavy atom. The van der Waals surface area contributed by atoms with Gasteiger partial charge in [0.05, 0.1) is 11.0 Å². The zero-order valence-corrected chi connectivity index (χ0v) is 43.4. The Kier molecular flexibility index (Phi) is 10.1. The van der Waals surface area contributed by atoms with Crippen molar-refractivity contribution < 1.29 is 0 Å². The average Bonchev–Trinajstić information content (AvgIpc) is 4.28. The molecule has 0 aliphatic carbocycles. The van der Waals surface area contributed by atoms with Crippen molar-refractivity contribution in [2.24, 2.45) is 0 Å². The smallest absolute Gasteiger partial charge is 0.0541 e. The monoisotopic (exact) mass is 1010 g/mol. The van der Waals surface area contributed by atoms with Crippen molar-refractivity contribution in [1.29, 1.82) is 0 Å². The van der Waals surface area contributed by atoms with Gasteiger partial charge in [0.25, 0.3) is 0 Å². The second-order valence-electron chi connectivity index (χ2n) is 20.2. The van der Waals surface area contributed by atoms with Gasteiger partial charge < -0.3 is 4.57 Å². The standard InChI is InChI=1S/C74H45NS2/c1-4-18-46(19-5-1)53-28-14-32-61-63-34-16-30-55(73(63)76-71(53)61)50-38-42-67-65(44-50)66-45-51(56-31-17-35-64-62-33-15-29-54(72(62)77-74(56)64)47-20-6-2-7-21-47)39-43-68(66)75(67)52-40-36-49(37-41-52)70-59-26-12-10-24-57(59)69(48-22-8-3-9-23-48)58-25-11-13-27-60(58)70/h1-45H. The number of benzene rings is 13. The topological polar surface area (TPSA) is 4.93 Å². The summed E-state index contributed by atoms with van der Waals surface area (Å²) in [5.74, 6) is 0. The molecule has 0 spiro atoms. The summed E-state index contributed by atoms with van der Waals surface area (Å²) in [6, 6.07) is 101. The maximum Gasteiger partial charge on any atom is 0.0541 e. The van der Waals surface area contributed by atoms with E-state index in [1.165, 1.54) is 150 Å². The predicted molar refractivity (Wildman–Crippen MR) is 334 cm³/mol. The SMILES string of the molecule is c1ccc(-c2c3ccccc3c(-c3ccc(-n4c5ccc(-c6cccc7c6sc6c(-c8ccccc8)cccc67)cc5c5cc(-c6cccc7c6sc6c(-c8ccccc8)cccc67)ccc54)cc3)c3ccccc23)cc1. The Bertz CT molecular complexity index is 4730. The van der Waals surface area contributed by atoms with E-state index in [2.05, 4.69) is 278 Å². The summed E-state index contributed by atoms with van der Waals surface area (Å²) in [4.78, 5) is 0. The molecule has 0 saturated carbocycles. The normalized spacial score (nSPS) is 11.9. The third-order valence-electron chi connectivity index (χ3n) is 16.0. The number of hydrogen-bond donors (Lipinski definition) is 0. The average molecular weight is 1010 g/mol. The first kappa shape index (κ1) is 44.0. The Morgan fingerprint density at radius 3 is 0.883 bits per heavy atom. The largest absolute Gasteiger partial charge is 0.309 e. The second-order valence-corrected chi connectivity index (χ2v) is 22.3. The zero-order valence-electron chi connectivity index (χ0n) is 41.7. The Balaban J connectivity index is 0.897. The van der Waals surface area contributed by atoms with E-state index in [0.717, 1.165) is 5.69 Å². The van der Waals surface area contributed by atoms with Crippen molar-refractivity contribution in [2.45, 2.75) is 0 Å². The van der Waals surface area contributed by atoms with Crippen LogP contribution >= 0.6 is 22.7 Å². The van der Waals surface area contributed by atoms with Gasteiger partial charge in [0, 0.05) is 56.8 Å². The van der Waals surface area contributed by atoms with Gasteiger partial charge in [-0.2, -0.15) is 0 Å². The van der Waals surface area contributed by atoms with Gasteiger partial charge in [-0.05, 0) is 125 Å². The van der Waals surface area contributed by atoms with E-state index in [0.29, 0.717) is 0 Å². The van der Waals surface area contributed by atoms with Crippen molar-refractivity contribution in [3.63, 3.8) is 0 Å². The maximum atomic E-state index is 2.48. The van der Waals surface area contributed by atoms with Crippen LogP contribution < -0.4 is 0 Å². The molecule has 16 rings (SSSR count). The van der Waals surface area contributed by atoms with Crippen LogP contribution in [-0.4, -0.2) is 4.57 Å². The van der Waals surface area contributed by atoms with Crippen molar-refractivity contribution in [3.8, 4) is 72.4 Å². The Hall–Kier alpha value is -9.38. The predicted octanol–water partition coefficient (Wildman–Crippen LogP) is 21.8. The Labute approximate surface area is 453 Å². The van der Waals surface area contributed by atoms with E-state index in [4.69, 9.17) is 0 Å². The number of hydrogen-bond acceptors (Lipinski definition) is 2. The number of aromatic nitrogens is 1. The fourth-order valence-corrected chi connectivity index (χ4v) is 15.3. The fraction of sp³-hybridized carbons (Fsp3) is 0. The lowest BCUT2D eigenvalue weighted by molar-refractivity contribution is 1.18. The summed E-state index contributed by atoms with van der Waals surface area (Å²) in [6.07, 6.45) is 0. The molecule has 0 amide bonds. The molecule has 0 atom stereocenters. The van der Waals surface area contributed by atoms with Gasteiger partial charge in [-0.3, -0.25) is 0 Å². The molecule has 0 bridgehead atoms. The number of fused-ring (bicyclic) bond motifs is 11. The van der Waals surface area contributed by atoms with Crippen LogP contribution in [0.3, 0.4) is 0 Å². The van der Waals surface area contributed by atoms with Crippen LogP contribution in [0.2, 0.25) is 0 Å². The summed E-state index contributed by atoms with van der Waals surface area (Å²) in [5, 5.41) is 12.7. The zero-order chi connectivity index (χ0) is 50.6. The van der Waals surface area contributed by atoms with Gasteiger partial charge in [0.1, 0.15) is 0 Å². The summed E-state index contributed by atoms with van der Waals surface area (Å²) >= 11 is 3.83. The molecule has 0 fully saturated rings. The van der Waals surface area contributed by atoms with E-state index in [-0.39, 0.29) is 0 Å². The van der Waals surface area contributed by atoms with Crippen LogP contribution in [0.1, 0.15) is 0 Å². The van der Waals surface area contributed by atoms with E-state index in [1.807, 2.05) is 22.7 Å². The first-order valence-corrected chi connectivity index (χ1v) is 28.0. The lowest BCUT2D eigenvalue weighted by atomic mass is 9.86. The minimum atomic E-state index is 1.13. The van der Waals surface area contributed by atoms with Crippen molar-refractivity contribution in [2.75, 3.05) is 0 Å². The van der Waals surface area contributed by atoms with Crippen molar-refractivity contribution >= 4 is 106 Å². The van der Waals surface area contributed by atoms with Gasteiger partial charge in [-0.1, -0.05) is 237 Å². The van der Waals surface area contributed by atoms with Crippen LogP contribution in [0.25, 0.3) is 156 Å². The van der Waals surface area contributed by atoms with Gasteiger partial charge >= 0.3 is 0 Å². The van der Waals surface area contributed by atoms with Crippen LogP contribution in [-0.2, 0) is 0 Å². The lowest BCUT2D eigenvalue weighted by Gasteiger charge is -2.18. The van der Waals surface area contributed by atoms with Crippen LogP contribution in [0, 0.1) is 0 Å². The molecule has 77 heavy (non-hydrogen) atoms. The molecule has 1 nitrogen and oxygen atoms in total. The highest BCUT2D eigenvalue weighted by Crippen LogP contribution is 2.49. The third kappa shape index (κ3) is 6.91. The molecule has 0 radical (unpaired) electrons. The van der Waals surface area contributed by atoms with Crippen molar-refractivity contribution in [1.82, 2.24) is 4.57 Å². The van der Waals surface area contributed by atoms with Gasteiger partial charge in [0.2, 0.25) is 0 Å². The van der Waals surface area contributed by atoms with Gasteiger partial charge in [-0.25, -0.2) is 0 Å². The molecule has 3 heterocycles. The number of thiophene rings is 2. The molecule has 0 N–H and O–H groups in total. The summed E-state index contributed by atoms with van der Waals surface area (Å²) in [5.41, 5.74) is 18.5. The number of nitrogens with zero attached hydrogens (tertiary/aromatic N) is 1. The molecule has 13 aromatic carbocycles. The van der Waals surface area contributed by atoms with E-state index in [9.17, 15) is 0 Å². The molecule has 3 aromatic heterocycles. The molecule has 0 aliphatic rings. The molecule has 16 aromatic rings. The maximum absolute atomic E-state index is 2.48. The van der Waals surface area contributed by atoms with E-state index < -0.39 is 0 Å². The molecule has 3 heteroatoms. The Morgan fingerprint density at radius 1 is 0.208 bits per heavy atom. The molecule has 358 valence electrons. The fourth-order valence-electron chi connectivity index (χ4n) is 12.6. The quantitative estimate of drug-likeness (QED) is 0.140. The highest BCUT2D eigenvalue weighted by Gasteiger charge is 2.21. The van der Waals surface area contributed by atoms with Crippen LogP contribution in [0.15, 0.2) is 273 Å². The summed E-state index contributed by atoms with van der Waals surface area (Å²) in [6.45, 7) is 0. The number of rotatable bonds is 7. The van der Waals surface area contributed by atoms with E-state index >= 15 is 0 Å². The summed E-state index contributed by atoms with van der Waals surface area (Å²) in [7, 11) is 0. The second kappa shape index (κ2) is 17.6. The molecular formula is C74H45NS2. The molecular weight excluding hydrogens is 967 g/mol. The van der Waals surface area contributed by atoms with E-state index in [1.54, 1.807) is 0 Å². The van der Waals surface area contributed by atoms with Crippen LogP contribution in [0.4, 0.5) is 0 Å². The first-order chi connectivity index (χ1) is 38.2.